The molecule has 0 amide bonds. The summed E-state index contributed by atoms with van der Waals surface area (Å²) in [6.45, 7) is 4.96. The van der Waals surface area contributed by atoms with Crippen molar-refractivity contribution < 1.29 is 33.3 Å². The Morgan fingerprint density at radius 3 is 2.06 bits per heavy atom. The van der Waals surface area contributed by atoms with Crippen molar-refractivity contribution in [2.45, 2.75) is 83.9 Å². The Kier molecular flexibility index (Phi) is 12.5. The quantitative estimate of drug-likeness (QED) is 0.204. The molecule has 0 spiro atoms. The summed E-state index contributed by atoms with van der Waals surface area (Å²) in [5.74, 6) is 1.75. The van der Waals surface area contributed by atoms with E-state index in [-0.39, 0.29) is 47.8 Å². The predicted molar refractivity (Wildman–Crippen MR) is 182 cm³/mol. The van der Waals surface area contributed by atoms with E-state index in [2.05, 4.69) is 18.2 Å². The molecule has 0 N–H and O–H groups in total. The van der Waals surface area contributed by atoms with Gasteiger partial charge < -0.3 is 23.7 Å². The summed E-state index contributed by atoms with van der Waals surface area (Å²) in [7, 11) is 3.31. The molecule has 2 aromatic carbocycles. The Labute approximate surface area is 280 Å². The van der Waals surface area contributed by atoms with E-state index in [1.165, 1.54) is 0 Å². The maximum Gasteiger partial charge on any atom is 0.330 e. The van der Waals surface area contributed by atoms with Gasteiger partial charge in [0.05, 0.1) is 39.6 Å². The summed E-state index contributed by atoms with van der Waals surface area (Å²) in [6, 6.07) is 15.8. The van der Waals surface area contributed by atoms with Gasteiger partial charge in [-0.15, -0.1) is 0 Å². The molecule has 7 heteroatoms. The molecular weight excluding hydrogens is 592 g/mol. The molecule has 3 aliphatic rings. The Hall–Kier alpha value is -3.68. The predicted octanol–water partition coefficient (Wildman–Crippen LogP) is 7.83. The van der Waals surface area contributed by atoms with E-state index in [1.807, 2.05) is 68.5 Å². The molecule has 47 heavy (non-hydrogen) atoms. The van der Waals surface area contributed by atoms with Crippen LogP contribution in [0, 0.1) is 29.6 Å². The lowest BCUT2D eigenvalue weighted by Crippen LogP contribution is -2.29. The minimum Gasteiger partial charge on any atom is -0.497 e. The zero-order valence-corrected chi connectivity index (χ0v) is 28.2. The standard InChI is InChI=1S/C40H50O7/c1-5-32-7-6-8-39(46-26-29-11-18-34(44-4)19-12-29)27(2)38(41)21-20-36-30(15-22-40(42)47-32)13-14-31-23-35(24-37(31)36)45-25-28-9-16-33(43-3)17-10-28/h9-22,27,30-32,35-37,39H,5-8,23-26H2,1-4H3/b21-20+,22-15+/t27-,30-,31+,32-,35+,36+,37+,39-/m0/s1. The Bertz CT molecular complexity index is 1390. The van der Waals surface area contributed by atoms with Crippen LogP contribution in [0.1, 0.15) is 63.5 Å². The number of rotatable bonds is 9. The number of ether oxygens (including phenoxy) is 5. The van der Waals surface area contributed by atoms with E-state index < -0.39 is 0 Å². The fourth-order valence-corrected chi connectivity index (χ4v) is 7.17. The summed E-state index contributed by atoms with van der Waals surface area (Å²) in [5, 5.41) is 0. The SMILES string of the molecule is CC[C@H]1CCC[C@H](OCc2ccc(OC)cc2)[C@@H](C)C(=O)/C=C/[C@H]2[C@@H]3C[C@H](OCc4ccc(OC)cc4)C[C@H]3C=C[C@H]2/C=C/C(=O)O1. The number of esters is 1. The molecule has 252 valence electrons. The molecule has 0 radical (unpaired) electrons. The number of hydrogen-bond donors (Lipinski definition) is 0. The van der Waals surface area contributed by atoms with Crippen LogP contribution in [0.3, 0.4) is 0 Å². The van der Waals surface area contributed by atoms with E-state index in [0.717, 1.165) is 54.7 Å². The minimum atomic E-state index is -0.315. The lowest BCUT2D eigenvalue weighted by molar-refractivity contribution is -0.143. The summed E-state index contributed by atoms with van der Waals surface area (Å²) < 4.78 is 29.3. The van der Waals surface area contributed by atoms with Gasteiger partial charge in [0.1, 0.15) is 17.6 Å². The second-order valence-electron chi connectivity index (χ2n) is 13.1. The third-order valence-corrected chi connectivity index (χ3v) is 10.1. The molecule has 5 rings (SSSR count). The van der Waals surface area contributed by atoms with Gasteiger partial charge in [-0.1, -0.05) is 62.4 Å². The monoisotopic (exact) mass is 642 g/mol. The second kappa shape index (κ2) is 16.9. The highest BCUT2D eigenvalue weighted by Crippen LogP contribution is 2.47. The van der Waals surface area contributed by atoms with E-state index in [0.29, 0.717) is 31.5 Å². The number of carbonyl (C=O) groups is 2. The number of cyclic esters (lactones) is 1. The summed E-state index contributed by atoms with van der Waals surface area (Å²) >= 11 is 0. The van der Waals surface area contributed by atoms with Crippen molar-refractivity contribution >= 4 is 11.8 Å². The van der Waals surface area contributed by atoms with Crippen LogP contribution in [0.2, 0.25) is 0 Å². The third-order valence-electron chi connectivity index (χ3n) is 10.1. The maximum absolute atomic E-state index is 13.7. The van der Waals surface area contributed by atoms with E-state index in [4.69, 9.17) is 23.7 Å². The summed E-state index contributed by atoms with van der Waals surface area (Å²) in [4.78, 5) is 26.6. The van der Waals surface area contributed by atoms with Crippen LogP contribution in [-0.4, -0.2) is 44.3 Å². The lowest BCUT2D eigenvalue weighted by Gasteiger charge is -2.33. The van der Waals surface area contributed by atoms with Crippen LogP contribution in [0.25, 0.3) is 0 Å². The number of benzene rings is 2. The van der Waals surface area contributed by atoms with Crippen molar-refractivity contribution in [1.29, 1.82) is 0 Å². The topological polar surface area (TPSA) is 80.3 Å². The highest BCUT2D eigenvalue weighted by atomic mass is 16.5. The van der Waals surface area contributed by atoms with Gasteiger partial charge in [0.15, 0.2) is 5.78 Å². The molecule has 0 unspecified atom stereocenters. The summed E-state index contributed by atoms with van der Waals surface area (Å²) in [5.41, 5.74) is 2.13. The first-order chi connectivity index (χ1) is 22.9. The number of hydrogen-bond acceptors (Lipinski definition) is 7. The van der Waals surface area contributed by atoms with Gasteiger partial charge in [-0.3, -0.25) is 4.79 Å². The molecule has 0 aromatic heterocycles. The van der Waals surface area contributed by atoms with Crippen LogP contribution in [0.4, 0.5) is 0 Å². The molecular formula is C40H50O7. The van der Waals surface area contributed by atoms with Gasteiger partial charge >= 0.3 is 5.97 Å². The van der Waals surface area contributed by atoms with Crippen LogP contribution < -0.4 is 9.47 Å². The molecule has 2 aliphatic carbocycles. The smallest absolute Gasteiger partial charge is 0.330 e. The van der Waals surface area contributed by atoms with Crippen molar-refractivity contribution in [2.75, 3.05) is 14.2 Å². The highest BCUT2D eigenvalue weighted by Gasteiger charge is 2.42. The largest absolute Gasteiger partial charge is 0.497 e. The molecule has 2 aromatic rings. The molecule has 1 heterocycles. The molecule has 0 saturated heterocycles. The van der Waals surface area contributed by atoms with Crippen molar-refractivity contribution in [3.63, 3.8) is 0 Å². The Morgan fingerprint density at radius 1 is 0.766 bits per heavy atom. The fourth-order valence-electron chi connectivity index (χ4n) is 7.17. The highest BCUT2D eigenvalue weighted by molar-refractivity contribution is 5.92. The molecule has 1 aliphatic heterocycles. The number of allylic oxidation sites excluding steroid dienone is 5. The molecule has 0 bridgehead atoms. The molecule has 1 saturated carbocycles. The normalized spacial score (nSPS) is 31.1. The van der Waals surface area contributed by atoms with E-state index in [1.54, 1.807) is 26.4 Å². The molecule has 7 nitrogen and oxygen atoms in total. The van der Waals surface area contributed by atoms with Crippen molar-refractivity contribution in [1.82, 2.24) is 0 Å². The first kappa shape index (κ1) is 34.6. The second-order valence-corrected chi connectivity index (χ2v) is 13.1. The van der Waals surface area contributed by atoms with Crippen LogP contribution >= 0.6 is 0 Å². The number of ketones is 1. The zero-order chi connectivity index (χ0) is 33.2. The van der Waals surface area contributed by atoms with Crippen molar-refractivity contribution in [3.8, 4) is 11.5 Å². The van der Waals surface area contributed by atoms with Gasteiger partial charge in [0.25, 0.3) is 0 Å². The summed E-state index contributed by atoms with van der Waals surface area (Å²) in [6.07, 6.45) is 16.3. The molecule has 8 atom stereocenters. The number of fused-ring (bicyclic) bond motifs is 3. The van der Waals surface area contributed by atoms with Gasteiger partial charge in [-0.25, -0.2) is 4.79 Å². The van der Waals surface area contributed by atoms with Crippen LogP contribution in [0.15, 0.2) is 85.0 Å². The van der Waals surface area contributed by atoms with Crippen LogP contribution in [-0.2, 0) is 37.0 Å². The average molecular weight is 643 g/mol. The van der Waals surface area contributed by atoms with Gasteiger partial charge in [0, 0.05) is 17.9 Å². The van der Waals surface area contributed by atoms with E-state index >= 15 is 0 Å². The average Bonchev–Trinajstić information content (AvgIpc) is 3.53. The lowest BCUT2D eigenvalue weighted by atomic mass is 9.71. The first-order valence-electron chi connectivity index (χ1n) is 17.1. The van der Waals surface area contributed by atoms with Gasteiger partial charge in [-0.05, 0) is 97.7 Å². The van der Waals surface area contributed by atoms with E-state index in [9.17, 15) is 9.59 Å². The van der Waals surface area contributed by atoms with Crippen molar-refractivity contribution in [2.24, 2.45) is 29.6 Å². The van der Waals surface area contributed by atoms with Gasteiger partial charge in [-0.2, -0.15) is 0 Å². The zero-order valence-electron chi connectivity index (χ0n) is 28.2. The Balaban J connectivity index is 1.31. The number of methoxy groups -OCH3 is 2. The third kappa shape index (κ3) is 9.45. The van der Waals surface area contributed by atoms with Crippen LogP contribution in [0.5, 0.6) is 11.5 Å². The minimum absolute atomic E-state index is 0.0178. The molecule has 1 fully saturated rings. The number of carbonyl (C=O) groups excluding carboxylic acids is 2. The maximum atomic E-state index is 13.7. The first-order valence-corrected chi connectivity index (χ1v) is 17.1. The van der Waals surface area contributed by atoms with Gasteiger partial charge in [0.2, 0.25) is 0 Å². The van der Waals surface area contributed by atoms with Crippen molar-refractivity contribution in [3.05, 3.63) is 96.1 Å². The Morgan fingerprint density at radius 2 is 1.43 bits per heavy atom. The fraction of sp³-hybridized carbons (Fsp3) is 0.500.